The van der Waals surface area contributed by atoms with Gasteiger partial charge in [-0.15, -0.1) is 0 Å². The molecule has 42 heavy (non-hydrogen) atoms. The Balaban J connectivity index is 1.19. The Labute approximate surface area is 242 Å². The highest BCUT2D eigenvalue weighted by Crippen LogP contribution is 2.26. The summed E-state index contributed by atoms with van der Waals surface area (Å²) in [4.78, 5) is 33.2. The molecule has 0 N–H and O–H groups in total. The molecule has 0 aliphatic rings. The van der Waals surface area contributed by atoms with Gasteiger partial charge in [-0.1, -0.05) is 42.5 Å². The summed E-state index contributed by atoms with van der Waals surface area (Å²) in [5, 5.41) is 0. The predicted octanol–water partition coefficient (Wildman–Crippen LogP) is 7.45. The van der Waals surface area contributed by atoms with Crippen LogP contribution in [0.15, 0.2) is 140 Å². The van der Waals surface area contributed by atoms with Crippen molar-refractivity contribution in [2.24, 2.45) is 0 Å². The van der Waals surface area contributed by atoms with Crippen LogP contribution >= 0.6 is 0 Å². The Hall–Kier alpha value is -5.95. The highest BCUT2D eigenvalue weighted by molar-refractivity contribution is 5.68. The molecule has 198 valence electrons. The average molecular weight is 542 g/mol. The van der Waals surface area contributed by atoms with Gasteiger partial charge in [0, 0.05) is 12.4 Å². The second-order valence-corrected chi connectivity index (χ2v) is 9.47. The van der Waals surface area contributed by atoms with Crippen molar-refractivity contribution in [3.63, 3.8) is 0 Å². The molecule has 0 amide bonds. The van der Waals surface area contributed by atoms with Crippen molar-refractivity contribution >= 4 is 0 Å². The molecular weight excluding hydrogens is 518 g/mol. The van der Waals surface area contributed by atoms with Crippen LogP contribution < -0.4 is 0 Å². The third-order valence-electron chi connectivity index (χ3n) is 6.65. The number of hydrogen-bond acceptors (Lipinski definition) is 7. The molecule has 0 fully saturated rings. The monoisotopic (exact) mass is 541 g/mol. The van der Waals surface area contributed by atoms with Gasteiger partial charge in [-0.2, -0.15) is 0 Å². The molecule has 7 rings (SSSR count). The van der Waals surface area contributed by atoms with Crippen LogP contribution in [0.2, 0.25) is 0 Å². The standard InChI is InChI=1S/C35H23N7/c1-3-22-36-24(10-1)26-12-5-14-28(38-26)30-16-7-18-32(40-30)34-20-9-21-35(42-34)33-19-8-17-31(41-33)29-15-6-13-27(39-29)25-11-2-4-23-37-25/h1-23H. The van der Waals surface area contributed by atoms with Crippen LogP contribution in [0.1, 0.15) is 0 Å². The molecule has 0 aromatic carbocycles. The van der Waals surface area contributed by atoms with Gasteiger partial charge in [-0.05, 0) is 84.9 Å². The third-order valence-corrected chi connectivity index (χ3v) is 6.65. The topological polar surface area (TPSA) is 90.2 Å². The minimum atomic E-state index is 0.748. The van der Waals surface area contributed by atoms with Crippen LogP contribution in [0.25, 0.3) is 68.3 Å². The Morgan fingerprint density at radius 3 is 0.643 bits per heavy atom. The third kappa shape index (κ3) is 5.26. The molecule has 0 saturated carbocycles. The van der Waals surface area contributed by atoms with E-state index in [9.17, 15) is 0 Å². The van der Waals surface area contributed by atoms with E-state index in [4.69, 9.17) is 24.9 Å². The zero-order chi connectivity index (χ0) is 28.1. The van der Waals surface area contributed by atoms with Crippen molar-refractivity contribution < 1.29 is 0 Å². The largest absolute Gasteiger partial charge is 0.255 e. The maximum absolute atomic E-state index is 4.93. The molecule has 0 unspecified atom stereocenters. The first-order valence-electron chi connectivity index (χ1n) is 13.5. The lowest BCUT2D eigenvalue weighted by Crippen LogP contribution is -1.96. The maximum Gasteiger partial charge on any atom is 0.0894 e. The summed E-state index contributed by atoms with van der Waals surface area (Å²) in [6.45, 7) is 0. The highest BCUT2D eigenvalue weighted by atomic mass is 14.9. The van der Waals surface area contributed by atoms with Gasteiger partial charge < -0.3 is 0 Å². The van der Waals surface area contributed by atoms with Crippen molar-refractivity contribution in [2.75, 3.05) is 0 Å². The molecule has 0 atom stereocenters. The molecule has 7 heterocycles. The van der Waals surface area contributed by atoms with Crippen LogP contribution in [0.5, 0.6) is 0 Å². The molecule has 0 aliphatic carbocycles. The van der Waals surface area contributed by atoms with Crippen molar-refractivity contribution in [2.45, 2.75) is 0 Å². The van der Waals surface area contributed by atoms with E-state index in [1.807, 2.05) is 127 Å². The number of nitrogens with zero attached hydrogens (tertiary/aromatic N) is 7. The fraction of sp³-hybridized carbons (Fsp3) is 0. The lowest BCUT2D eigenvalue weighted by molar-refractivity contribution is 1.19. The van der Waals surface area contributed by atoms with Crippen LogP contribution in [-0.4, -0.2) is 34.9 Å². The molecule has 0 bridgehead atoms. The van der Waals surface area contributed by atoms with Crippen molar-refractivity contribution in [3.8, 4) is 68.3 Å². The Morgan fingerprint density at radius 2 is 0.429 bits per heavy atom. The summed E-state index contributed by atoms with van der Waals surface area (Å²) in [5.74, 6) is 0. The van der Waals surface area contributed by atoms with Gasteiger partial charge in [0.2, 0.25) is 0 Å². The average Bonchev–Trinajstić information content (AvgIpc) is 3.09. The van der Waals surface area contributed by atoms with Crippen molar-refractivity contribution in [3.05, 3.63) is 140 Å². The SMILES string of the molecule is c1ccc(-c2cccc(-c3cccc(-c4cccc(-c5cccc(-c6cccc(-c7ccccn7)n6)n5)n4)n3)n2)nc1. The number of rotatable bonds is 6. The van der Waals surface area contributed by atoms with E-state index in [-0.39, 0.29) is 0 Å². The molecule has 7 heteroatoms. The van der Waals surface area contributed by atoms with Crippen LogP contribution in [0.4, 0.5) is 0 Å². The highest BCUT2D eigenvalue weighted by Gasteiger charge is 2.11. The van der Waals surface area contributed by atoms with Crippen LogP contribution in [0.3, 0.4) is 0 Å². The molecular formula is C35H23N7. The number of aromatic nitrogens is 7. The molecule has 7 aromatic rings. The van der Waals surface area contributed by atoms with E-state index >= 15 is 0 Å². The first-order chi connectivity index (χ1) is 20.8. The molecule has 0 aliphatic heterocycles. The Bertz CT molecular complexity index is 1850. The first-order valence-corrected chi connectivity index (χ1v) is 13.5. The van der Waals surface area contributed by atoms with Crippen LogP contribution in [0, 0.1) is 0 Å². The molecule has 7 aromatic heterocycles. The quantitative estimate of drug-likeness (QED) is 0.216. The van der Waals surface area contributed by atoms with E-state index in [1.165, 1.54) is 0 Å². The number of pyridine rings is 7. The maximum atomic E-state index is 4.93. The lowest BCUT2D eigenvalue weighted by atomic mass is 10.1. The second kappa shape index (κ2) is 11.3. The van der Waals surface area contributed by atoms with Gasteiger partial charge in [0.05, 0.1) is 68.3 Å². The van der Waals surface area contributed by atoms with Gasteiger partial charge in [0.1, 0.15) is 0 Å². The summed E-state index contributed by atoms with van der Waals surface area (Å²) in [5.41, 5.74) is 9.29. The normalized spacial score (nSPS) is 10.9. The molecule has 0 radical (unpaired) electrons. The van der Waals surface area contributed by atoms with Gasteiger partial charge in [0.15, 0.2) is 0 Å². The molecule has 7 nitrogen and oxygen atoms in total. The van der Waals surface area contributed by atoms with E-state index in [0.717, 1.165) is 68.3 Å². The fourth-order valence-electron chi connectivity index (χ4n) is 4.63. The lowest BCUT2D eigenvalue weighted by Gasteiger charge is -2.08. The Kier molecular flexibility index (Phi) is 6.72. The van der Waals surface area contributed by atoms with Crippen LogP contribution in [-0.2, 0) is 0 Å². The fourth-order valence-corrected chi connectivity index (χ4v) is 4.63. The predicted molar refractivity (Wildman–Crippen MR) is 164 cm³/mol. The molecule has 0 saturated heterocycles. The summed E-state index contributed by atoms with van der Waals surface area (Å²) in [7, 11) is 0. The number of hydrogen-bond donors (Lipinski definition) is 0. The summed E-state index contributed by atoms with van der Waals surface area (Å²) >= 11 is 0. The van der Waals surface area contributed by atoms with Crippen molar-refractivity contribution in [1.29, 1.82) is 0 Å². The Morgan fingerprint density at radius 1 is 0.214 bits per heavy atom. The van der Waals surface area contributed by atoms with E-state index in [2.05, 4.69) is 9.97 Å². The second-order valence-electron chi connectivity index (χ2n) is 9.47. The van der Waals surface area contributed by atoms with Gasteiger partial charge in [0.25, 0.3) is 0 Å². The van der Waals surface area contributed by atoms with Crippen molar-refractivity contribution in [1.82, 2.24) is 34.9 Å². The van der Waals surface area contributed by atoms with Gasteiger partial charge in [-0.3, -0.25) is 9.97 Å². The minimum absolute atomic E-state index is 0.748. The van der Waals surface area contributed by atoms with E-state index in [1.54, 1.807) is 12.4 Å². The van der Waals surface area contributed by atoms with E-state index < -0.39 is 0 Å². The zero-order valence-electron chi connectivity index (χ0n) is 22.4. The zero-order valence-corrected chi connectivity index (χ0v) is 22.4. The summed E-state index contributed by atoms with van der Waals surface area (Å²) < 4.78 is 0. The minimum Gasteiger partial charge on any atom is -0.255 e. The smallest absolute Gasteiger partial charge is 0.0894 e. The summed E-state index contributed by atoms with van der Waals surface area (Å²) in [6, 6.07) is 41.0. The van der Waals surface area contributed by atoms with Gasteiger partial charge >= 0.3 is 0 Å². The first kappa shape index (κ1) is 25.0. The molecule has 0 spiro atoms. The van der Waals surface area contributed by atoms with Gasteiger partial charge in [-0.25, -0.2) is 24.9 Å². The summed E-state index contributed by atoms with van der Waals surface area (Å²) in [6.07, 6.45) is 3.53. The van der Waals surface area contributed by atoms with E-state index in [0.29, 0.717) is 0 Å².